The van der Waals surface area contributed by atoms with Gasteiger partial charge in [-0.05, 0) is 7.05 Å². The number of imidazole rings is 1. The number of likely N-dealkylation sites (N-methyl/N-ethyl adjacent to an activating group) is 1. The number of hydrogen-bond acceptors (Lipinski definition) is 11. The van der Waals surface area contributed by atoms with Gasteiger partial charge in [0.2, 0.25) is 5.91 Å². The van der Waals surface area contributed by atoms with Gasteiger partial charge in [0.1, 0.15) is 30.2 Å². The van der Waals surface area contributed by atoms with Crippen molar-refractivity contribution in [3.05, 3.63) is 12.7 Å². The minimum absolute atomic E-state index is 0.202. The second-order valence-electron chi connectivity index (χ2n) is 6.56. The molecule has 168 valence electrons. The summed E-state index contributed by atoms with van der Waals surface area (Å²) >= 11 is 0. The maximum absolute atomic E-state index is 10.9. The third-order valence-corrected chi connectivity index (χ3v) is 4.23. The number of carbonyl (C=O) groups excluding carboxylic acids is 1. The van der Waals surface area contributed by atoms with Crippen LogP contribution < -0.4 is 11.5 Å². The van der Waals surface area contributed by atoms with E-state index in [0.29, 0.717) is 24.3 Å². The van der Waals surface area contributed by atoms with E-state index < -0.39 is 40.8 Å². The Hall–Kier alpha value is -2.47. The Balaban J connectivity index is 0.000000575. The van der Waals surface area contributed by atoms with Gasteiger partial charge < -0.3 is 31.3 Å². The third-order valence-electron chi connectivity index (χ3n) is 4.23. The molecule has 1 aliphatic heterocycles. The van der Waals surface area contributed by atoms with Crippen molar-refractivity contribution in [1.29, 1.82) is 0 Å². The lowest BCUT2D eigenvalue weighted by Crippen LogP contribution is -2.39. The van der Waals surface area contributed by atoms with Crippen LogP contribution in [0.5, 0.6) is 0 Å². The summed E-state index contributed by atoms with van der Waals surface area (Å²) in [6.07, 6.45) is -0.828. The molecule has 1 aliphatic rings. The highest BCUT2D eigenvalue weighted by atomic mass is 32.3. The minimum atomic E-state index is -4.67. The highest BCUT2D eigenvalue weighted by Crippen LogP contribution is 2.32. The summed E-state index contributed by atoms with van der Waals surface area (Å²) in [5.41, 5.74) is 11.7. The molecule has 15 nitrogen and oxygen atoms in total. The zero-order valence-electron chi connectivity index (χ0n) is 15.8. The van der Waals surface area contributed by atoms with Crippen LogP contribution in [0.2, 0.25) is 0 Å². The number of aliphatic hydroxyl groups is 2. The smallest absolute Gasteiger partial charge is 0.387 e. The molecule has 0 radical (unpaired) electrons. The number of amides is 1. The van der Waals surface area contributed by atoms with Gasteiger partial charge in [-0.15, -0.1) is 0 Å². The molecule has 1 saturated heterocycles. The average molecular weight is 449 g/mol. The lowest BCUT2D eigenvalue weighted by molar-refractivity contribution is -0.118. The maximum atomic E-state index is 10.9. The lowest BCUT2D eigenvalue weighted by Gasteiger charge is -2.22. The number of primary amides is 1. The molecule has 3 heterocycles. The van der Waals surface area contributed by atoms with E-state index in [1.54, 1.807) is 11.9 Å². The summed E-state index contributed by atoms with van der Waals surface area (Å²) in [4.78, 5) is 24.8. The van der Waals surface area contributed by atoms with Crippen molar-refractivity contribution >= 4 is 33.3 Å². The minimum Gasteiger partial charge on any atom is -0.387 e. The van der Waals surface area contributed by atoms with Crippen molar-refractivity contribution in [2.24, 2.45) is 5.73 Å². The molecule has 1 amide bonds. The summed E-state index contributed by atoms with van der Waals surface area (Å²) in [5, 5.41) is 20.7. The van der Waals surface area contributed by atoms with E-state index in [4.69, 9.17) is 33.7 Å². The molecule has 0 bridgehead atoms. The number of aromatic nitrogens is 4. The number of rotatable bonds is 6. The van der Waals surface area contributed by atoms with E-state index in [2.05, 4.69) is 15.0 Å². The maximum Gasteiger partial charge on any atom is 0.394 e. The van der Waals surface area contributed by atoms with Crippen LogP contribution in [0.15, 0.2) is 12.7 Å². The SMILES string of the molecule is CN(CCC(N)=O)C[C@H]1O[C@@H](n2cnc3c(N)ncnc32)[C@H](O)[C@@H]1O.O=S(=O)(O)O. The van der Waals surface area contributed by atoms with Crippen LogP contribution in [0, 0.1) is 0 Å². The summed E-state index contributed by atoms with van der Waals surface area (Å²) in [5.74, 6) is -0.181. The first-order valence-corrected chi connectivity index (χ1v) is 9.89. The number of carbonyl (C=O) groups is 1. The van der Waals surface area contributed by atoms with E-state index in [9.17, 15) is 15.0 Å². The van der Waals surface area contributed by atoms with Gasteiger partial charge in [-0.3, -0.25) is 18.5 Å². The largest absolute Gasteiger partial charge is 0.394 e. The quantitative estimate of drug-likeness (QED) is 0.244. The van der Waals surface area contributed by atoms with Gasteiger partial charge in [0.05, 0.1) is 6.33 Å². The summed E-state index contributed by atoms with van der Waals surface area (Å²) in [7, 11) is -2.89. The van der Waals surface area contributed by atoms with Crippen molar-refractivity contribution in [3.8, 4) is 0 Å². The molecule has 0 saturated carbocycles. The number of fused-ring (bicyclic) bond motifs is 1. The van der Waals surface area contributed by atoms with Gasteiger partial charge in [0.15, 0.2) is 17.7 Å². The Morgan fingerprint density at radius 3 is 2.50 bits per heavy atom. The molecule has 16 heteroatoms. The molecule has 2 aromatic heterocycles. The van der Waals surface area contributed by atoms with E-state index >= 15 is 0 Å². The molecule has 0 aromatic carbocycles. The number of aliphatic hydroxyl groups excluding tert-OH is 2. The Morgan fingerprint density at radius 1 is 1.27 bits per heavy atom. The zero-order valence-corrected chi connectivity index (χ0v) is 16.6. The second-order valence-corrected chi connectivity index (χ2v) is 7.45. The number of anilines is 1. The standard InChI is InChI=1S/C14H21N7O4.H2O4S/c1-20(3-2-8(15)22)4-7-10(23)11(24)14(25-7)21-6-19-9-12(16)17-5-18-13(9)21;1-5(2,3)4/h5-7,10-11,14,23-24H,2-4H2,1H3,(H2,15,22)(H2,16,17,18);(H2,1,2,3,4)/t7-,10-,11-,14-;/m1./s1. The molecular weight excluding hydrogens is 426 g/mol. The second kappa shape index (κ2) is 9.56. The molecule has 1 fully saturated rings. The van der Waals surface area contributed by atoms with Crippen molar-refractivity contribution < 1.29 is 37.3 Å². The van der Waals surface area contributed by atoms with Crippen LogP contribution in [0.4, 0.5) is 5.82 Å². The number of nitrogen functional groups attached to an aromatic ring is 1. The number of ether oxygens (including phenoxy) is 1. The molecule has 4 atom stereocenters. The highest BCUT2D eigenvalue weighted by Gasteiger charge is 2.44. The van der Waals surface area contributed by atoms with Crippen LogP contribution >= 0.6 is 0 Å². The molecule has 0 aliphatic carbocycles. The lowest BCUT2D eigenvalue weighted by atomic mass is 10.1. The Morgan fingerprint density at radius 2 is 1.90 bits per heavy atom. The van der Waals surface area contributed by atoms with Crippen LogP contribution in [-0.4, -0.2) is 96.5 Å². The first kappa shape index (κ1) is 23.8. The zero-order chi connectivity index (χ0) is 22.6. The fraction of sp³-hybridized carbons (Fsp3) is 0.571. The average Bonchev–Trinajstić information content (AvgIpc) is 3.16. The van der Waals surface area contributed by atoms with Crippen molar-refractivity contribution in [2.45, 2.75) is 31.0 Å². The molecule has 0 spiro atoms. The molecular formula is C14H23N7O8S. The number of nitrogens with zero attached hydrogens (tertiary/aromatic N) is 5. The van der Waals surface area contributed by atoms with Gasteiger partial charge in [-0.25, -0.2) is 15.0 Å². The van der Waals surface area contributed by atoms with Gasteiger partial charge in [0.25, 0.3) is 0 Å². The first-order valence-electron chi connectivity index (χ1n) is 8.49. The Kier molecular flexibility index (Phi) is 7.59. The summed E-state index contributed by atoms with van der Waals surface area (Å²) in [6, 6.07) is 0. The van der Waals surface area contributed by atoms with E-state index in [0.717, 1.165) is 0 Å². The predicted octanol–water partition coefficient (Wildman–Crippen LogP) is -2.82. The molecule has 8 N–H and O–H groups in total. The summed E-state index contributed by atoms with van der Waals surface area (Å²) < 4.78 is 38.9. The van der Waals surface area contributed by atoms with Gasteiger partial charge in [0, 0.05) is 19.5 Å². The van der Waals surface area contributed by atoms with Crippen LogP contribution in [0.25, 0.3) is 11.2 Å². The fourth-order valence-corrected chi connectivity index (χ4v) is 2.87. The molecule has 30 heavy (non-hydrogen) atoms. The van der Waals surface area contributed by atoms with E-state index in [1.165, 1.54) is 17.2 Å². The highest BCUT2D eigenvalue weighted by molar-refractivity contribution is 7.79. The number of nitrogens with two attached hydrogens (primary N) is 2. The van der Waals surface area contributed by atoms with Crippen LogP contribution in [0.3, 0.4) is 0 Å². The van der Waals surface area contributed by atoms with E-state index in [-0.39, 0.29) is 12.2 Å². The van der Waals surface area contributed by atoms with Gasteiger partial charge >= 0.3 is 10.4 Å². The summed E-state index contributed by atoms with van der Waals surface area (Å²) in [6.45, 7) is 0.756. The van der Waals surface area contributed by atoms with Crippen molar-refractivity contribution in [2.75, 3.05) is 25.9 Å². The van der Waals surface area contributed by atoms with Gasteiger partial charge in [-0.2, -0.15) is 8.42 Å². The molecule has 2 aromatic rings. The predicted molar refractivity (Wildman–Crippen MR) is 101 cm³/mol. The molecule has 3 rings (SSSR count). The normalized spacial score (nSPS) is 24.1. The van der Waals surface area contributed by atoms with Crippen LogP contribution in [0.1, 0.15) is 12.6 Å². The number of hydrogen-bond donors (Lipinski definition) is 6. The van der Waals surface area contributed by atoms with E-state index in [1.807, 2.05) is 0 Å². The Labute approximate surface area is 170 Å². The fourth-order valence-electron chi connectivity index (χ4n) is 2.87. The monoisotopic (exact) mass is 449 g/mol. The van der Waals surface area contributed by atoms with Crippen molar-refractivity contribution in [1.82, 2.24) is 24.4 Å². The topological polar surface area (TPSA) is 240 Å². The first-order chi connectivity index (χ1) is 13.9. The van der Waals surface area contributed by atoms with Crippen LogP contribution in [-0.2, 0) is 19.9 Å². The third kappa shape index (κ3) is 6.26. The molecule has 0 unspecified atom stereocenters. The van der Waals surface area contributed by atoms with Crippen molar-refractivity contribution in [3.63, 3.8) is 0 Å². The van der Waals surface area contributed by atoms with Gasteiger partial charge in [-0.1, -0.05) is 0 Å². The Bertz CT molecular complexity index is 976.